The van der Waals surface area contributed by atoms with Crippen molar-refractivity contribution in [1.29, 1.82) is 0 Å². The van der Waals surface area contributed by atoms with Gasteiger partial charge in [0.05, 0.1) is 18.1 Å². The molecule has 4 rings (SSSR count). The molecule has 11 heteroatoms. The number of carbonyl (C=O) groups is 2. The van der Waals surface area contributed by atoms with Crippen molar-refractivity contribution in [3.05, 3.63) is 59.3 Å². The summed E-state index contributed by atoms with van der Waals surface area (Å²) >= 11 is 7.15. The zero-order valence-corrected chi connectivity index (χ0v) is 18.2. The van der Waals surface area contributed by atoms with Crippen LogP contribution < -0.4 is 10.1 Å². The zero-order chi connectivity index (χ0) is 21.8. The van der Waals surface area contributed by atoms with E-state index in [1.54, 1.807) is 43.5 Å². The first-order valence-electron chi connectivity index (χ1n) is 9.60. The average Bonchev–Trinajstić information content (AvgIpc) is 3.51. The van der Waals surface area contributed by atoms with E-state index in [1.807, 2.05) is 10.6 Å². The monoisotopic (exact) mass is 461 g/mol. The van der Waals surface area contributed by atoms with E-state index >= 15 is 0 Å². The summed E-state index contributed by atoms with van der Waals surface area (Å²) < 4.78 is 13.1. The fourth-order valence-electron chi connectivity index (χ4n) is 3.02. The molecule has 1 aromatic carbocycles. The Morgan fingerprint density at radius 3 is 2.81 bits per heavy atom. The molecule has 1 aliphatic rings. The number of urea groups is 1. The van der Waals surface area contributed by atoms with Gasteiger partial charge in [-0.3, -0.25) is 14.3 Å². The Hall–Kier alpha value is -2.98. The van der Waals surface area contributed by atoms with Crippen LogP contribution in [0.3, 0.4) is 0 Å². The second-order valence-corrected chi connectivity index (χ2v) is 8.53. The lowest BCUT2D eigenvalue weighted by atomic mass is 10.3. The average molecular weight is 462 g/mol. The summed E-state index contributed by atoms with van der Waals surface area (Å²) in [7, 11) is 0. The lowest BCUT2D eigenvalue weighted by molar-refractivity contribution is -0.126. The van der Waals surface area contributed by atoms with E-state index in [4.69, 9.17) is 20.8 Å². The smallest absolute Gasteiger partial charge is 0.324 e. The second kappa shape index (κ2) is 9.44. The molecular formula is C20H20ClN5O4S. The molecule has 0 spiro atoms. The number of imide groups is 1. The summed E-state index contributed by atoms with van der Waals surface area (Å²) in [6.45, 7) is 3.12. The Morgan fingerprint density at radius 1 is 1.32 bits per heavy atom. The number of hydrogen-bond donors (Lipinski definition) is 1. The molecule has 3 aromatic rings. The quantitative estimate of drug-likeness (QED) is 0.514. The van der Waals surface area contributed by atoms with Gasteiger partial charge in [0.1, 0.15) is 18.1 Å². The topological polar surface area (TPSA) is 102 Å². The normalized spacial score (nSPS) is 14.5. The number of nitrogens with zero attached hydrogens (tertiary/aromatic N) is 4. The maximum absolute atomic E-state index is 12.7. The van der Waals surface area contributed by atoms with Crippen LogP contribution in [0.4, 0.5) is 4.79 Å². The molecule has 31 heavy (non-hydrogen) atoms. The summed E-state index contributed by atoms with van der Waals surface area (Å²) in [6.07, 6.45) is 1.59. The highest BCUT2D eigenvalue weighted by Gasteiger charge is 2.31. The van der Waals surface area contributed by atoms with Crippen LogP contribution in [0.1, 0.15) is 18.5 Å². The molecule has 162 valence electrons. The second-order valence-electron chi connectivity index (χ2n) is 6.79. The van der Waals surface area contributed by atoms with Crippen LogP contribution in [0.2, 0.25) is 5.02 Å². The fraction of sp³-hybridized carbons (Fsp3) is 0.300. The number of rotatable bonds is 8. The van der Waals surface area contributed by atoms with E-state index in [1.165, 1.54) is 16.7 Å². The summed E-state index contributed by atoms with van der Waals surface area (Å²) in [6, 6.07) is 10.3. The van der Waals surface area contributed by atoms with Gasteiger partial charge >= 0.3 is 6.03 Å². The molecule has 0 radical (unpaired) electrons. The highest BCUT2D eigenvalue weighted by molar-refractivity contribution is 8.00. The van der Waals surface area contributed by atoms with Crippen molar-refractivity contribution in [2.24, 2.45) is 0 Å². The molecular weight excluding hydrogens is 442 g/mol. The number of benzene rings is 1. The van der Waals surface area contributed by atoms with Crippen molar-refractivity contribution in [2.45, 2.75) is 30.5 Å². The predicted octanol–water partition coefficient (Wildman–Crippen LogP) is 3.18. The standard InChI is InChI=1S/C20H20ClN5O4S/c1-13(18(27)25-9-8-22-19(25)28)31-20-24-23-17(26(20)11-16-3-2-10-29-16)12-30-15-6-4-14(21)5-7-15/h2-7,10,13H,8-9,11-12H2,1H3,(H,22,28)/t13-/m0/s1. The minimum Gasteiger partial charge on any atom is -0.486 e. The van der Waals surface area contributed by atoms with Crippen molar-refractivity contribution in [3.8, 4) is 5.75 Å². The number of aromatic nitrogens is 3. The van der Waals surface area contributed by atoms with Crippen LogP contribution >= 0.6 is 23.4 Å². The van der Waals surface area contributed by atoms with Crippen molar-refractivity contribution in [3.63, 3.8) is 0 Å². The number of nitrogens with one attached hydrogen (secondary N) is 1. The lowest BCUT2D eigenvalue weighted by Gasteiger charge is -2.17. The van der Waals surface area contributed by atoms with E-state index < -0.39 is 5.25 Å². The first-order chi connectivity index (χ1) is 15.0. The number of furan rings is 1. The Balaban J connectivity index is 1.51. The summed E-state index contributed by atoms with van der Waals surface area (Å²) in [5.74, 6) is 1.67. The Bertz CT molecular complexity index is 1050. The molecule has 0 aliphatic carbocycles. The van der Waals surface area contributed by atoms with Gasteiger partial charge in [-0.05, 0) is 43.3 Å². The molecule has 0 bridgehead atoms. The third-order valence-electron chi connectivity index (χ3n) is 4.62. The molecule has 1 saturated heterocycles. The van der Waals surface area contributed by atoms with Gasteiger partial charge in [0.2, 0.25) is 5.91 Å². The molecule has 1 atom stereocenters. The van der Waals surface area contributed by atoms with Gasteiger partial charge in [-0.2, -0.15) is 0 Å². The van der Waals surface area contributed by atoms with Gasteiger partial charge in [-0.25, -0.2) is 4.79 Å². The highest BCUT2D eigenvalue weighted by Crippen LogP contribution is 2.26. The van der Waals surface area contributed by atoms with E-state index in [0.717, 1.165) is 0 Å². The van der Waals surface area contributed by atoms with E-state index in [9.17, 15) is 9.59 Å². The molecule has 0 saturated carbocycles. The molecule has 0 unspecified atom stereocenters. The summed E-state index contributed by atoms with van der Waals surface area (Å²) in [4.78, 5) is 25.7. The first kappa shape index (κ1) is 21.3. The number of hydrogen-bond acceptors (Lipinski definition) is 7. The maximum Gasteiger partial charge on any atom is 0.324 e. The van der Waals surface area contributed by atoms with Crippen molar-refractivity contribution in [1.82, 2.24) is 25.0 Å². The number of halogens is 1. The number of thioether (sulfide) groups is 1. The van der Waals surface area contributed by atoms with Crippen LogP contribution in [-0.2, 0) is 17.9 Å². The van der Waals surface area contributed by atoms with Gasteiger partial charge in [0.15, 0.2) is 11.0 Å². The van der Waals surface area contributed by atoms with Crippen molar-refractivity contribution < 1.29 is 18.7 Å². The van der Waals surface area contributed by atoms with Gasteiger partial charge in [0, 0.05) is 18.1 Å². The van der Waals surface area contributed by atoms with Crippen LogP contribution in [-0.4, -0.2) is 49.9 Å². The molecule has 9 nitrogen and oxygen atoms in total. The molecule has 1 N–H and O–H groups in total. The van der Waals surface area contributed by atoms with Crippen molar-refractivity contribution in [2.75, 3.05) is 13.1 Å². The summed E-state index contributed by atoms with van der Waals surface area (Å²) in [5, 5.41) is 11.8. The zero-order valence-electron chi connectivity index (χ0n) is 16.7. The highest BCUT2D eigenvalue weighted by atomic mass is 35.5. The predicted molar refractivity (Wildman–Crippen MR) is 114 cm³/mol. The van der Waals surface area contributed by atoms with Gasteiger partial charge in [0.25, 0.3) is 0 Å². The number of amides is 3. The third-order valence-corrected chi connectivity index (χ3v) is 5.94. The van der Waals surface area contributed by atoms with E-state index in [0.29, 0.717) is 47.1 Å². The Kier molecular flexibility index (Phi) is 6.47. The Labute approximate surface area is 187 Å². The lowest BCUT2D eigenvalue weighted by Crippen LogP contribution is -2.39. The SMILES string of the molecule is C[C@H](Sc1nnc(COc2ccc(Cl)cc2)n1Cc1ccco1)C(=O)N1CCNC1=O. The Morgan fingerprint density at radius 2 is 2.13 bits per heavy atom. The minimum atomic E-state index is -0.520. The molecule has 2 aromatic heterocycles. The molecule has 1 fully saturated rings. The van der Waals surface area contributed by atoms with Crippen LogP contribution in [0.5, 0.6) is 5.75 Å². The number of carbonyl (C=O) groups excluding carboxylic acids is 2. The summed E-state index contributed by atoms with van der Waals surface area (Å²) in [5.41, 5.74) is 0. The third kappa shape index (κ3) is 5.02. The van der Waals surface area contributed by atoms with Crippen LogP contribution in [0, 0.1) is 0 Å². The fourth-order valence-corrected chi connectivity index (χ4v) is 4.07. The molecule has 1 aliphatic heterocycles. The van der Waals surface area contributed by atoms with E-state index in [-0.39, 0.29) is 18.5 Å². The number of ether oxygens (including phenoxy) is 1. The van der Waals surface area contributed by atoms with Gasteiger partial charge < -0.3 is 14.5 Å². The van der Waals surface area contributed by atoms with Crippen LogP contribution in [0.25, 0.3) is 0 Å². The minimum absolute atomic E-state index is 0.173. The van der Waals surface area contributed by atoms with Gasteiger partial charge in [-0.1, -0.05) is 23.4 Å². The first-order valence-corrected chi connectivity index (χ1v) is 10.9. The molecule has 3 amide bonds. The van der Waals surface area contributed by atoms with Crippen LogP contribution in [0.15, 0.2) is 52.2 Å². The van der Waals surface area contributed by atoms with E-state index in [2.05, 4.69) is 15.5 Å². The largest absolute Gasteiger partial charge is 0.486 e. The van der Waals surface area contributed by atoms with Gasteiger partial charge in [-0.15, -0.1) is 10.2 Å². The maximum atomic E-state index is 12.7. The molecule has 3 heterocycles. The van der Waals surface area contributed by atoms with Crippen molar-refractivity contribution >= 4 is 35.3 Å².